The van der Waals surface area contributed by atoms with Crippen LogP contribution in [-0.4, -0.2) is 65.8 Å². The van der Waals surface area contributed by atoms with Gasteiger partial charge in [0, 0.05) is 48.2 Å². The molecule has 4 aromatic rings. The molecule has 1 aromatic heterocycles. The third kappa shape index (κ3) is 10.7. The minimum atomic E-state index is -2.55. The lowest BCUT2D eigenvalue weighted by atomic mass is 9.99. The zero-order valence-corrected chi connectivity index (χ0v) is 26.8. The summed E-state index contributed by atoms with van der Waals surface area (Å²) in [6.45, 7) is 12.4. The van der Waals surface area contributed by atoms with Crippen LogP contribution in [0.4, 0.5) is 5.69 Å². The molecule has 3 N–H and O–H groups in total. The van der Waals surface area contributed by atoms with Crippen LogP contribution >= 0.6 is 0 Å². The van der Waals surface area contributed by atoms with Gasteiger partial charge in [0.15, 0.2) is 0 Å². The van der Waals surface area contributed by atoms with Gasteiger partial charge in [-0.1, -0.05) is 62.4 Å². The Hall–Kier alpha value is -3.83. The van der Waals surface area contributed by atoms with Crippen molar-refractivity contribution in [2.24, 2.45) is 4.36 Å². The first-order valence-electron chi connectivity index (χ1n) is 14.9. The van der Waals surface area contributed by atoms with Gasteiger partial charge in [-0.2, -0.15) is 8.42 Å². The Balaban J connectivity index is 0.000000785. The number of aliphatic hydroxyl groups is 1. The first kappa shape index (κ1) is 34.7. The molecule has 44 heavy (non-hydrogen) atoms. The van der Waals surface area contributed by atoms with Crippen molar-refractivity contribution in [1.29, 1.82) is 0 Å². The van der Waals surface area contributed by atoms with E-state index in [2.05, 4.69) is 52.9 Å². The largest absolute Gasteiger partial charge is 0.478 e. The molecule has 1 unspecified atom stereocenters. The highest BCUT2D eigenvalue weighted by molar-refractivity contribution is 7.61. The van der Waals surface area contributed by atoms with Gasteiger partial charge in [-0.15, -0.1) is 4.36 Å². The number of aromatic nitrogens is 1. The molecule has 0 aliphatic carbocycles. The summed E-state index contributed by atoms with van der Waals surface area (Å²) in [4.78, 5) is 13.9. The van der Waals surface area contributed by atoms with Crippen molar-refractivity contribution in [1.82, 2.24) is 14.8 Å². The van der Waals surface area contributed by atoms with Crippen LogP contribution in [0.5, 0.6) is 0 Å². The predicted molar refractivity (Wildman–Crippen MR) is 176 cm³/mol. The maximum Gasteiger partial charge on any atom is 0.335 e. The molecule has 0 aliphatic rings. The maximum atomic E-state index is 11.5. The molecule has 0 radical (unpaired) electrons. The summed E-state index contributed by atoms with van der Waals surface area (Å²) in [6.07, 6.45) is 0.810. The fourth-order valence-corrected chi connectivity index (χ4v) is 5.26. The number of carboxylic acid groups (broad SMARTS) is 1. The third-order valence-corrected chi connectivity index (χ3v) is 8.01. The Morgan fingerprint density at radius 2 is 1.64 bits per heavy atom. The number of aliphatic hydroxyl groups excluding tert-OH is 1. The number of aryl methyl sites for hydroxylation is 1. The Labute approximate surface area is 261 Å². The van der Waals surface area contributed by atoms with Crippen molar-refractivity contribution in [2.45, 2.75) is 58.7 Å². The van der Waals surface area contributed by atoms with E-state index in [9.17, 15) is 23.4 Å². The summed E-state index contributed by atoms with van der Waals surface area (Å²) in [5.41, 5.74) is 3.01. The Morgan fingerprint density at radius 3 is 2.23 bits per heavy atom. The van der Waals surface area contributed by atoms with Crippen molar-refractivity contribution >= 4 is 33.1 Å². The van der Waals surface area contributed by atoms with Gasteiger partial charge in [0.2, 0.25) is 0 Å². The summed E-state index contributed by atoms with van der Waals surface area (Å²) in [5.74, 6) is -0.936. The molecule has 0 bridgehead atoms. The summed E-state index contributed by atoms with van der Waals surface area (Å²) in [6, 6.07) is 25.9. The van der Waals surface area contributed by atoms with E-state index in [0.29, 0.717) is 12.1 Å². The summed E-state index contributed by atoms with van der Waals surface area (Å²) < 4.78 is 27.5. The van der Waals surface area contributed by atoms with Crippen LogP contribution in [0.3, 0.4) is 0 Å². The predicted octanol–water partition coefficient (Wildman–Crippen LogP) is 6.10. The standard InChI is InChI=1S/C28H38N4O5S.C6H6/c1-5-31(6-2)14-12-24-18-22-16-21(27(34)35)10-11-25(22)32(24)15-13-28(3,4)29-19-26(33)20-8-7-9-23(17-20)30-38(36)37;1-2-4-6-5-3-1/h7-11,16-18,26,29,33H,5-6,12-15,19H2,1-4H3,(H,34,35);1-6H. The van der Waals surface area contributed by atoms with Crippen LogP contribution in [-0.2, 0) is 23.5 Å². The lowest BCUT2D eigenvalue weighted by molar-refractivity contribution is 0.0697. The SMILES string of the molecule is CCN(CC)CCc1cc2cc(C(=O)O)ccc2n1CCC(C)(C)NCC(O)c1cccc(N=S(=O)=O)c1.c1ccccc1. The summed E-state index contributed by atoms with van der Waals surface area (Å²) in [5, 5.41) is 24.5. The first-order chi connectivity index (χ1) is 21.0. The number of aromatic carboxylic acids is 1. The number of carbonyl (C=O) groups is 1. The van der Waals surface area contributed by atoms with Crippen molar-refractivity contribution < 1.29 is 23.4 Å². The highest BCUT2D eigenvalue weighted by atomic mass is 32.2. The minimum Gasteiger partial charge on any atom is -0.478 e. The van der Waals surface area contributed by atoms with Crippen LogP contribution < -0.4 is 5.32 Å². The van der Waals surface area contributed by atoms with E-state index in [1.54, 1.807) is 36.4 Å². The van der Waals surface area contributed by atoms with Gasteiger partial charge in [-0.05, 0) is 75.3 Å². The number of likely N-dealkylation sites (N-methyl/N-ethyl adjacent to an activating group) is 1. The third-order valence-electron chi connectivity index (χ3n) is 7.65. The molecular formula is C34H44N4O5S. The Bertz CT molecular complexity index is 1600. The second kappa shape index (κ2) is 16.9. The second-order valence-corrected chi connectivity index (χ2v) is 11.8. The molecule has 0 saturated carbocycles. The highest BCUT2D eigenvalue weighted by Crippen LogP contribution is 2.25. The van der Waals surface area contributed by atoms with E-state index < -0.39 is 22.6 Å². The second-order valence-electron chi connectivity index (χ2n) is 11.2. The van der Waals surface area contributed by atoms with E-state index in [-0.39, 0.29) is 16.8 Å². The monoisotopic (exact) mass is 620 g/mol. The normalized spacial score (nSPS) is 12.0. The van der Waals surface area contributed by atoms with Gasteiger partial charge < -0.3 is 25.0 Å². The van der Waals surface area contributed by atoms with Crippen molar-refractivity contribution in [2.75, 3.05) is 26.2 Å². The van der Waals surface area contributed by atoms with E-state index >= 15 is 0 Å². The topological polar surface area (TPSA) is 124 Å². The van der Waals surface area contributed by atoms with Crippen LogP contribution in [0.25, 0.3) is 10.9 Å². The maximum absolute atomic E-state index is 11.5. The molecule has 236 valence electrons. The zero-order chi connectivity index (χ0) is 32.1. The molecular weight excluding hydrogens is 576 g/mol. The van der Waals surface area contributed by atoms with E-state index in [1.165, 1.54) is 5.69 Å². The number of hydrogen-bond acceptors (Lipinski definition) is 7. The van der Waals surface area contributed by atoms with Gasteiger partial charge in [-0.3, -0.25) is 0 Å². The van der Waals surface area contributed by atoms with Gasteiger partial charge in [-0.25, -0.2) is 4.79 Å². The molecule has 4 rings (SSSR count). The van der Waals surface area contributed by atoms with Gasteiger partial charge in [0.1, 0.15) is 0 Å². The van der Waals surface area contributed by atoms with Crippen LogP contribution in [0.2, 0.25) is 0 Å². The quantitative estimate of drug-likeness (QED) is 0.156. The number of nitrogens with zero attached hydrogens (tertiary/aromatic N) is 3. The number of β-amino-alcohol motifs (C(OH)–C–C–N with tert-alkyl or cyclic N) is 1. The molecule has 0 amide bonds. The van der Waals surface area contributed by atoms with Crippen LogP contribution in [0.1, 0.15) is 61.8 Å². The highest BCUT2D eigenvalue weighted by Gasteiger charge is 2.21. The smallest absolute Gasteiger partial charge is 0.335 e. The fourth-order valence-electron chi connectivity index (χ4n) is 4.98. The molecule has 1 atom stereocenters. The number of benzene rings is 3. The molecule has 9 nitrogen and oxygen atoms in total. The van der Waals surface area contributed by atoms with Gasteiger partial charge >= 0.3 is 16.5 Å². The average Bonchev–Trinajstić information content (AvgIpc) is 3.37. The summed E-state index contributed by atoms with van der Waals surface area (Å²) >= 11 is 0. The number of nitrogens with one attached hydrogen (secondary N) is 1. The van der Waals surface area contributed by atoms with Crippen LogP contribution in [0.15, 0.2) is 89.3 Å². The van der Waals surface area contributed by atoms with E-state index in [1.807, 2.05) is 42.5 Å². The lowest BCUT2D eigenvalue weighted by Crippen LogP contribution is -2.42. The molecule has 0 spiro atoms. The van der Waals surface area contributed by atoms with Crippen molar-refractivity contribution in [3.05, 3.63) is 102 Å². The number of fused-ring (bicyclic) bond motifs is 1. The van der Waals surface area contributed by atoms with Crippen LogP contribution in [0, 0.1) is 0 Å². The Morgan fingerprint density at radius 1 is 0.977 bits per heavy atom. The number of rotatable bonds is 14. The molecule has 3 aromatic carbocycles. The number of carboxylic acids is 1. The van der Waals surface area contributed by atoms with E-state index in [4.69, 9.17) is 0 Å². The van der Waals surface area contributed by atoms with Crippen molar-refractivity contribution in [3.8, 4) is 0 Å². The zero-order valence-electron chi connectivity index (χ0n) is 26.0. The first-order valence-corrected chi connectivity index (χ1v) is 16.0. The average molecular weight is 621 g/mol. The number of hydrogen-bond donors (Lipinski definition) is 3. The molecule has 0 fully saturated rings. The Kier molecular flexibility index (Phi) is 13.3. The molecule has 10 heteroatoms. The lowest BCUT2D eigenvalue weighted by Gasteiger charge is -2.29. The molecule has 0 saturated heterocycles. The van der Waals surface area contributed by atoms with Gasteiger partial charge in [0.05, 0.1) is 17.4 Å². The minimum absolute atomic E-state index is 0.275. The molecule has 1 heterocycles. The molecule has 0 aliphatic heterocycles. The summed E-state index contributed by atoms with van der Waals surface area (Å²) in [7, 11) is -2.55. The van der Waals surface area contributed by atoms with Crippen molar-refractivity contribution in [3.63, 3.8) is 0 Å². The fraction of sp³-hybridized carbons (Fsp3) is 0.382. The van der Waals surface area contributed by atoms with E-state index in [0.717, 1.165) is 49.9 Å². The van der Waals surface area contributed by atoms with Gasteiger partial charge in [0.25, 0.3) is 0 Å².